The number of urea groups is 1. The van der Waals surface area contributed by atoms with Gasteiger partial charge in [-0.15, -0.1) is 0 Å². The highest BCUT2D eigenvalue weighted by Crippen LogP contribution is 2.27. The Morgan fingerprint density at radius 2 is 1.86 bits per heavy atom. The molecular formula is C18H17ClFN3O4S. The van der Waals surface area contributed by atoms with Gasteiger partial charge >= 0.3 is 6.03 Å². The van der Waals surface area contributed by atoms with Crippen LogP contribution in [0.4, 0.5) is 9.18 Å². The van der Waals surface area contributed by atoms with Crippen LogP contribution < -0.4 is 16.0 Å². The van der Waals surface area contributed by atoms with Gasteiger partial charge < -0.3 is 16.0 Å². The monoisotopic (exact) mass is 425 g/mol. The molecule has 0 bridgehead atoms. The summed E-state index contributed by atoms with van der Waals surface area (Å²) in [6.45, 7) is 0.134. The largest absolute Gasteiger partial charge is 0.343 e. The first kappa shape index (κ1) is 20.1. The van der Waals surface area contributed by atoms with Crippen LogP contribution in [-0.4, -0.2) is 39.2 Å². The number of sulfone groups is 1. The van der Waals surface area contributed by atoms with E-state index < -0.39 is 39.7 Å². The normalized spacial score (nSPS) is 17.5. The first-order valence-electron chi connectivity index (χ1n) is 8.25. The molecule has 10 heteroatoms. The summed E-state index contributed by atoms with van der Waals surface area (Å²) in [5.74, 6) is -1.05. The minimum atomic E-state index is -3.38. The van der Waals surface area contributed by atoms with E-state index in [-0.39, 0.29) is 16.5 Å². The number of carbonyl (C=O) groups is 2. The highest BCUT2D eigenvalue weighted by Gasteiger charge is 2.29. The average molecular weight is 426 g/mol. The van der Waals surface area contributed by atoms with E-state index in [4.69, 9.17) is 11.6 Å². The molecule has 1 unspecified atom stereocenters. The van der Waals surface area contributed by atoms with Crippen molar-refractivity contribution in [1.82, 2.24) is 16.0 Å². The van der Waals surface area contributed by atoms with E-state index in [0.717, 1.165) is 6.26 Å². The average Bonchev–Trinajstić information content (AvgIpc) is 3.08. The van der Waals surface area contributed by atoms with Gasteiger partial charge in [0.1, 0.15) is 11.9 Å². The minimum Gasteiger partial charge on any atom is -0.343 e. The maximum atomic E-state index is 13.6. The molecule has 7 nitrogen and oxygen atoms in total. The van der Waals surface area contributed by atoms with Crippen molar-refractivity contribution in [2.75, 3.05) is 12.8 Å². The van der Waals surface area contributed by atoms with Gasteiger partial charge in [-0.05, 0) is 35.4 Å². The molecule has 2 aromatic rings. The molecule has 3 amide bonds. The van der Waals surface area contributed by atoms with Crippen molar-refractivity contribution in [3.63, 3.8) is 0 Å². The molecular weight excluding hydrogens is 409 g/mol. The number of rotatable bonds is 5. The second kappa shape index (κ2) is 7.76. The Morgan fingerprint density at radius 1 is 1.21 bits per heavy atom. The van der Waals surface area contributed by atoms with Gasteiger partial charge in [-0.1, -0.05) is 29.8 Å². The van der Waals surface area contributed by atoms with Crippen molar-refractivity contribution in [3.8, 4) is 0 Å². The summed E-state index contributed by atoms with van der Waals surface area (Å²) in [4.78, 5) is 24.0. The number of benzene rings is 2. The second-order valence-corrected chi connectivity index (χ2v) is 8.79. The van der Waals surface area contributed by atoms with Crippen molar-refractivity contribution in [1.29, 1.82) is 0 Å². The lowest BCUT2D eigenvalue weighted by Gasteiger charge is -2.22. The highest BCUT2D eigenvalue weighted by molar-refractivity contribution is 7.90. The van der Waals surface area contributed by atoms with Crippen LogP contribution in [0, 0.1) is 5.82 Å². The molecule has 2 aromatic carbocycles. The molecule has 0 aliphatic carbocycles. The van der Waals surface area contributed by atoms with Crippen LogP contribution in [0.3, 0.4) is 0 Å². The molecule has 1 saturated heterocycles. The lowest BCUT2D eigenvalue weighted by molar-refractivity contribution is -0.122. The SMILES string of the molecule is CS(=O)(=O)c1ccc(C(NC(=O)[C@@H]2CNC(=O)N2)c2ccc(F)c(Cl)c2)cc1. The predicted octanol–water partition coefficient (Wildman–Crippen LogP) is 1.77. The molecule has 0 aromatic heterocycles. The summed E-state index contributed by atoms with van der Waals surface area (Å²) >= 11 is 5.88. The molecule has 1 heterocycles. The Bertz CT molecular complexity index is 1030. The minimum absolute atomic E-state index is 0.111. The van der Waals surface area contributed by atoms with Crippen molar-refractivity contribution in [3.05, 3.63) is 64.4 Å². The fourth-order valence-corrected chi connectivity index (χ4v) is 3.63. The predicted molar refractivity (Wildman–Crippen MR) is 101 cm³/mol. The van der Waals surface area contributed by atoms with E-state index in [0.29, 0.717) is 11.1 Å². The first-order chi connectivity index (χ1) is 13.1. The Balaban J connectivity index is 1.95. The van der Waals surface area contributed by atoms with Gasteiger partial charge in [0.2, 0.25) is 5.91 Å². The van der Waals surface area contributed by atoms with Crippen molar-refractivity contribution in [2.24, 2.45) is 0 Å². The van der Waals surface area contributed by atoms with Gasteiger partial charge in [-0.25, -0.2) is 17.6 Å². The maximum absolute atomic E-state index is 13.6. The molecule has 2 atom stereocenters. The van der Waals surface area contributed by atoms with Crippen LogP contribution in [0.15, 0.2) is 47.4 Å². The van der Waals surface area contributed by atoms with E-state index in [2.05, 4.69) is 16.0 Å². The topological polar surface area (TPSA) is 104 Å². The van der Waals surface area contributed by atoms with Crippen molar-refractivity contribution >= 4 is 33.4 Å². The summed E-state index contributed by atoms with van der Waals surface area (Å²) in [6, 6.07) is 8.08. The Kier molecular flexibility index (Phi) is 5.57. The molecule has 0 spiro atoms. The van der Waals surface area contributed by atoms with Crippen LogP contribution >= 0.6 is 11.6 Å². The van der Waals surface area contributed by atoms with Crippen molar-refractivity contribution in [2.45, 2.75) is 17.0 Å². The summed E-state index contributed by atoms with van der Waals surface area (Å²) in [5, 5.41) is 7.66. The van der Waals surface area contributed by atoms with Gasteiger partial charge in [0.15, 0.2) is 9.84 Å². The van der Waals surface area contributed by atoms with Gasteiger partial charge in [-0.2, -0.15) is 0 Å². The Hall–Kier alpha value is -2.65. The van der Waals surface area contributed by atoms with Gasteiger partial charge in [0, 0.05) is 12.8 Å². The first-order valence-corrected chi connectivity index (χ1v) is 10.5. The summed E-state index contributed by atoms with van der Waals surface area (Å²) in [5.41, 5.74) is 1.07. The second-order valence-electron chi connectivity index (χ2n) is 6.36. The highest BCUT2D eigenvalue weighted by atomic mass is 35.5. The van der Waals surface area contributed by atoms with Gasteiger partial charge in [0.05, 0.1) is 16.0 Å². The zero-order chi connectivity index (χ0) is 20.5. The van der Waals surface area contributed by atoms with E-state index in [1.807, 2.05) is 0 Å². The number of halogens is 2. The van der Waals surface area contributed by atoms with E-state index in [1.165, 1.54) is 30.3 Å². The zero-order valence-corrected chi connectivity index (χ0v) is 16.3. The van der Waals surface area contributed by atoms with Crippen LogP contribution in [0.25, 0.3) is 0 Å². The molecule has 28 heavy (non-hydrogen) atoms. The van der Waals surface area contributed by atoms with Crippen LogP contribution in [-0.2, 0) is 14.6 Å². The van der Waals surface area contributed by atoms with Crippen molar-refractivity contribution < 1.29 is 22.4 Å². The maximum Gasteiger partial charge on any atom is 0.315 e. The smallest absolute Gasteiger partial charge is 0.315 e. The number of nitrogens with one attached hydrogen (secondary N) is 3. The van der Waals surface area contributed by atoms with Crippen LogP contribution in [0.1, 0.15) is 17.2 Å². The van der Waals surface area contributed by atoms with Gasteiger partial charge in [0.25, 0.3) is 0 Å². The van der Waals surface area contributed by atoms with Gasteiger partial charge in [-0.3, -0.25) is 4.79 Å². The lowest BCUT2D eigenvalue weighted by atomic mass is 9.98. The van der Waals surface area contributed by atoms with E-state index in [9.17, 15) is 22.4 Å². The standard InChI is InChI=1S/C18H17ClFN3O4S/c1-28(26,27)12-5-2-10(3-6-12)16(11-4-7-14(20)13(19)8-11)23-17(24)15-9-21-18(25)22-15/h2-8,15-16H,9H2,1H3,(H,23,24)(H2,21,22,25)/t15-,16?/m0/s1. The molecule has 1 aliphatic rings. The third-order valence-electron chi connectivity index (χ3n) is 4.29. The van der Waals surface area contributed by atoms with E-state index in [1.54, 1.807) is 12.1 Å². The molecule has 0 radical (unpaired) electrons. The molecule has 1 fully saturated rings. The third kappa shape index (κ3) is 4.42. The lowest BCUT2D eigenvalue weighted by Crippen LogP contribution is -2.44. The third-order valence-corrected chi connectivity index (χ3v) is 5.71. The van der Waals surface area contributed by atoms with E-state index >= 15 is 0 Å². The number of hydrogen-bond acceptors (Lipinski definition) is 4. The molecule has 148 valence electrons. The number of carbonyl (C=O) groups excluding carboxylic acids is 2. The molecule has 1 aliphatic heterocycles. The molecule has 3 N–H and O–H groups in total. The summed E-state index contributed by atoms with van der Waals surface area (Å²) in [7, 11) is -3.38. The molecule has 3 rings (SSSR count). The summed E-state index contributed by atoms with van der Waals surface area (Å²) < 4.78 is 36.9. The number of amides is 3. The van der Waals surface area contributed by atoms with Crippen LogP contribution in [0.5, 0.6) is 0 Å². The van der Waals surface area contributed by atoms with Crippen LogP contribution in [0.2, 0.25) is 5.02 Å². The number of hydrogen-bond donors (Lipinski definition) is 3. The quantitative estimate of drug-likeness (QED) is 0.679. The Labute approximate surface area is 166 Å². The molecule has 0 saturated carbocycles. The summed E-state index contributed by atoms with van der Waals surface area (Å²) in [6.07, 6.45) is 1.09. The Morgan fingerprint density at radius 3 is 2.39 bits per heavy atom. The zero-order valence-electron chi connectivity index (χ0n) is 14.7. The fraction of sp³-hybridized carbons (Fsp3) is 0.222. The fourth-order valence-electron chi connectivity index (χ4n) is 2.81.